The number of aliphatic hydroxyl groups is 1. The molecule has 0 fully saturated rings. The van der Waals surface area contributed by atoms with Crippen LogP contribution in [-0.2, 0) is 0 Å². The molecule has 2 N–H and O–H groups in total. The number of rotatable bonds is 4. The lowest BCUT2D eigenvalue weighted by atomic mass is 10.2. The summed E-state index contributed by atoms with van der Waals surface area (Å²) in [7, 11) is 0. The van der Waals surface area contributed by atoms with Crippen molar-refractivity contribution in [3.63, 3.8) is 0 Å². The van der Waals surface area contributed by atoms with Gasteiger partial charge in [-0.1, -0.05) is 0 Å². The molecule has 0 aliphatic carbocycles. The lowest BCUT2D eigenvalue weighted by Gasteiger charge is -2.01. The molecule has 1 aromatic rings. The number of aliphatic imine (C=N–C) groups is 1. The highest BCUT2D eigenvalue weighted by Gasteiger charge is 2.08. The van der Waals surface area contributed by atoms with Crippen molar-refractivity contribution >= 4 is 11.9 Å². The third-order valence-electron chi connectivity index (χ3n) is 1.95. The van der Waals surface area contributed by atoms with Gasteiger partial charge in [0.1, 0.15) is 5.75 Å². The van der Waals surface area contributed by atoms with Crippen molar-refractivity contribution in [3.05, 3.63) is 33.9 Å². The summed E-state index contributed by atoms with van der Waals surface area (Å²) in [6.45, 7) is 1.57. The SMILES string of the molecule is C[C@@H](CO)N=Cc1cc([N+](=O)[O-])ccc1O. The highest BCUT2D eigenvalue weighted by atomic mass is 16.6. The minimum atomic E-state index is -0.549. The van der Waals surface area contributed by atoms with Gasteiger partial charge in [0.2, 0.25) is 0 Å². The second-order valence-electron chi connectivity index (χ2n) is 3.31. The van der Waals surface area contributed by atoms with Gasteiger partial charge in [-0.3, -0.25) is 15.1 Å². The van der Waals surface area contributed by atoms with Crippen LogP contribution < -0.4 is 0 Å². The minimum absolute atomic E-state index is 0.0838. The molecule has 0 radical (unpaired) electrons. The Balaban J connectivity index is 2.98. The van der Waals surface area contributed by atoms with E-state index in [0.717, 1.165) is 0 Å². The van der Waals surface area contributed by atoms with Crippen molar-refractivity contribution in [2.75, 3.05) is 6.61 Å². The summed E-state index contributed by atoms with van der Waals surface area (Å²) in [4.78, 5) is 13.9. The number of phenolic OH excluding ortho intramolecular Hbond substituents is 1. The zero-order chi connectivity index (χ0) is 12.1. The number of hydrogen-bond acceptors (Lipinski definition) is 5. The number of nitro benzene ring substituents is 1. The second-order valence-corrected chi connectivity index (χ2v) is 3.31. The number of phenols is 1. The van der Waals surface area contributed by atoms with Gasteiger partial charge in [0.15, 0.2) is 0 Å². The smallest absolute Gasteiger partial charge is 0.270 e. The molecule has 0 aromatic heterocycles. The van der Waals surface area contributed by atoms with Crippen molar-refractivity contribution < 1.29 is 15.1 Å². The predicted octanol–water partition coefficient (Wildman–Crippen LogP) is 1.10. The summed E-state index contributed by atoms with van der Waals surface area (Å²) in [6, 6.07) is 3.37. The first-order valence-corrected chi connectivity index (χ1v) is 4.66. The summed E-state index contributed by atoms with van der Waals surface area (Å²) < 4.78 is 0. The Morgan fingerprint density at radius 1 is 1.62 bits per heavy atom. The van der Waals surface area contributed by atoms with Crippen molar-refractivity contribution in [2.45, 2.75) is 13.0 Å². The van der Waals surface area contributed by atoms with Crippen LogP contribution in [0.2, 0.25) is 0 Å². The van der Waals surface area contributed by atoms with Crippen LogP contribution >= 0.6 is 0 Å². The van der Waals surface area contributed by atoms with Crippen LogP contribution in [0.4, 0.5) is 5.69 Å². The van der Waals surface area contributed by atoms with Gasteiger partial charge in [0.25, 0.3) is 5.69 Å². The summed E-state index contributed by atoms with van der Waals surface area (Å²) in [5.74, 6) is -0.0838. The first kappa shape index (κ1) is 12.1. The maximum Gasteiger partial charge on any atom is 0.270 e. The Hall–Kier alpha value is -1.95. The molecule has 1 aromatic carbocycles. The first-order chi connectivity index (χ1) is 7.54. The molecule has 1 rings (SSSR count). The molecule has 0 saturated heterocycles. The number of nitro groups is 1. The number of aromatic hydroxyl groups is 1. The Morgan fingerprint density at radius 3 is 2.88 bits per heavy atom. The quantitative estimate of drug-likeness (QED) is 0.454. The molecule has 16 heavy (non-hydrogen) atoms. The van der Waals surface area contributed by atoms with Crippen molar-refractivity contribution in [2.24, 2.45) is 4.99 Å². The highest BCUT2D eigenvalue weighted by molar-refractivity contribution is 5.84. The molecule has 0 bridgehead atoms. The highest BCUT2D eigenvalue weighted by Crippen LogP contribution is 2.21. The normalized spacial score (nSPS) is 12.9. The second kappa shape index (κ2) is 5.22. The Morgan fingerprint density at radius 2 is 2.31 bits per heavy atom. The lowest BCUT2D eigenvalue weighted by Crippen LogP contribution is -2.04. The Kier molecular flexibility index (Phi) is 3.96. The van der Waals surface area contributed by atoms with E-state index in [9.17, 15) is 15.2 Å². The van der Waals surface area contributed by atoms with E-state index in [-0.39, 0.29) is 29.6 Å². The fourth-order valence-electron chi connectivity index (χ4n) is 1.01. The van der Waals surface area contributed by atoms with Crippen molar-refractivity contribution in [1.29, 1.82) is 0 Å². The summed E-state index contributed by atoms with van der Waals surface area (Å²) in [5, 5.41) is 28.7. The molecule has 6 nitrogen and oxygen atoms in total. The number of hydrogen-bond donors (Lipinski definition) is 2. The maximum atomic E-state index is 10.5. The monoisotopic (exact) mass is 224 g/mol. The lowest BCUT2D eigenvalue weighted by molar-refractivity contribution is -0.384. The maximum absolute atomic E-state index is 10.5. The largest absolute Gasteiger partial charge is 0.507 e. The number of nitrogens with zero attached hydrogens (tertiary/aromatic N) is 2. The van der Waals surface area contributed by atoms with E-state index in [4.69, 9.17) is 5.11 Å². The third kappa shape index (κ3) is 3.03. The molecule has 0 heterocycles. The fraction of sp³-hybridized carbons (Fsp3) is 0.300. The van der Waals surface area contributed by atoms with Crippen LogP contribution in [0.5, 0.6) is 5.75 Å². The van der Waals surface area contributed by atoms with E-state index >= 15 is 0 Å². The molecule has 6 heteroatoms. The van der Waals surface area contributed by atoms with Gasteiger partial charge in [0.05, 0.1) is 17.6 Å². The predicted molar refractivity (Wildman–Crippen MR) is 58.9 cm³/mol. The molecule has 0 spiro atoms. The summed E-state index contributed by atoms with van der Waals surface area (Å²) in [5.41, 5.74) is 0.144. The Bertz CT molecular complexity index is 417. The number of benzene rings is 1. The molecule has 0 saturated carbocycles. The average Bonchev–Trinajstić information content (AvgIpc) is 2.27. The van der Waals surface area contributed by atoms with Gasteiger partial charge in [-0.05, 0) is 13.0 Å². The molecular weight excluding hydrogens is 212 g/mol. The molecule has 86 valence electrons. The molecule has 0 unspecified atom stereocenters. The van der Waals surface area contributed by atoms with Crippen LogP contribution in [0.25, 0.3) is 0 Å². The van der Waals surface area contributed by atoms with E-state index in [1.165, 1.54) is 24.4 Å². The molecule has 0 aliphatic rings. The zero-order valence-corrected chi connectivity index (χ0v) is 8.70. The van der Waals surface area contributed by atoms with E-state index < -0.39 is 4.92 Å². The Labute approximate surface area is 92.0 Å². The molecule has 0 aliphatic heterocycles. The molecular formula is C10H12N2O4. The third-order valence-corrected chi connectivity index (χ3v) is 1.95. The number of aliphatic hydroxyl groups excluding tert-OH is 1. The van der Waals surface area contributed by atoms with Crippen molar-refractivity contribution in [3.8, 4) is 5.75 Å². The van der Waals surface area contributed by atoms with E-state index in [0.29, 0.717) is 0 Å². The average molecular weight is 224 g/mol. The van der Waals surface area contributed by atoms with Gasteiger partial charge < -0.3 is 10.2 Å². The van der Waals surface area contributed by atoms with Crippen molar-refractivity contribution in [1.82, 2.24) is 0 Å². The molecule has 1 atom stereocenters. The summed E-state index contributed by atoms with van der Waals surface area (Å²) >= 11 is 0. The standard InChI is InChI=1S/C10H12N2O4/c1-7(6-13)11-5-8-4-9(12(15)16)2-3-10(8)14/h2-5,7,13-14H,6H2,1H3/t7-/m0/s1. The van der Waals surface area contributed by atoms with Gasteiger partial charge in [-0.15, -0.1) is 0 Å². The van der Waals surface area contributed by atoms with Gasteiger partial charge in [-0.25, -0.2) is 0 Å². The zero-order valence-electron chi connectivity index (χ0n) is 8.70. The topological polar surface area (TPSA) is 96.0 Å². The fourth-order valence-corrected chi connectivity index (χ4v) is 1.01. The first-order valence-electron chi connectivity index (χ1n) is 4.66. The van der Waals surface area contributed by atoms with Crippen LogP contribution in [-0.4, -0.2) is 34.0 Å². The van der Waals surface area contributed by atoms with Crippen LogP contribution in [0.1, 0.15) is 12.5 Å². The van der Waals surface area contributed by atoms with E-state index in [2.05, 4.69) is 4.99 Å². The van der Waals surface area contributed by atoms with E-state index in [1.54, 1.807) is 6.92 Å². The number of non-ortho nitro benzene ring substituents is 1. The van der Waals surface area contributed by atoms with Crippen LogP contribution in [0.15, 0.2) is 23.2 Å². The van der Waals surface area contributed by atoms with Crippen LogP contribution in [0, 0.1) is 10.1 Å². The van der Waals surface area contributed by atoms with Crippen LogP contribution in [0.3, 0.4) is 0 Å². The minimum Gasteiger partial charge on any atom is -0.507 e. The van der Waals surface area contributed by atoms with Gasteiger partial charge >= 0.3 is 0 Å². The summed E-state index contributed by atoms with van der Waals surface area (Å²) in [6.07, 6.45) is 1.31. The van der Waals surface area contributed by atoms with E-state index in [1.807, 2.05) is 0 Å². The van der Waals surface area contributed by atoms with Gasteiger partial charge in [-0.2, -0.15) is 0 Å². The van der Waals surface area contributed by atoms with Gasteiger partial charge in [0, 0.05) is 23.9 Å². The molecule has 0 amide bonds.